The van der Waals surface area contributed by atoms with Crippen LogP contribution in [0.5, 0.6) is 0 Å². The summed E-state index contributed by atoms with van der Waals surface area (Å²) < 4.78 is 0.685. The first-order valence-electron chi connectivity index (χ1n) is 4.73. The van der Waals surface area contributed by atoms with Gasteiger partial charge in [-0.3, -0.25) is 0 Å². The zero-order valence-electron chi connectivity index (χ0n) is 9.17. The van der Waals surface area contributed by atoms with E-state index >= 15 is 0 Å². The van der Waals surface area contributed by atoms with Crippen molar-refractivity contribution in [2.75, 3.05) is 0 Å². The molecule has 2 rings (SSSR count). The van der Waals surface area contributed by atoms with Crippen molar-refractivity contribution in [1.82, 2.24) is 15.2 Å². The average Bonchev–Trinajstić information content (AvgIpc) is 2.68. The van der Waals surface area contributed by atoms with E-state index in [1.165, 1.54) is 23.1 Å². The summed E-state index contributed by atoms with van der Waals surface area (Å²) >= 11 is 2.59. The summed E-state index contributed by atoms with van der Waals surface area (Å²) in [5, 5.41) is 17.2. The van der Waals surface area contributed by atoms with E-state index in [0.29, 0.717) is 14.9 Å². The van der Waals surface area contributed by atoms with Crippen LogP contribution in [0, 0.1) is 13.8 Å². The molecule has 88 valence electrons. The molecule has 2 heterocycles. The fourth-order valence-electron chi connectivity index (χ4n) is 1.43. The Bertz CT molecular complexity index is 555. The molecule has 0 bridgehead atoms. The fourth-order valence-corrected chi connectivity index (χ4v) is 3.06. The minimum absolute atomic E-state index is 0.232. The molecule has 0 amide bonds. The molecule has 17 heavy (non-hydrogen) atoms. The fraction of sp³-hybridized carbons (Fsp3) is 0.200. The van der Waals surface area contributed by atoms with Gasteiger partial charge in [-0.1, -0.05) is 11.3 Å². The first-order chi connectivity index (χ1) is 8.08. The van der Waals surface area contributed by atoms with Crippen LogP contribution in [0.15, 0.2) is 20.9 Å². The molecule has 0 saturated carbocycles. The van der Waals surface area contributed by atoms with Gasteiger partial charge in [-0.15, -0.1) is 10.2 Å². The zero-order valence-corrected chi connectivity index (χ0v) is 10.8. The lowest BCUT2D eigenvalue weighted by atomic mass is 10.1. The number of carboxylic acid groups (broad SMARTS) is 1. The molecule has 5 nitrogen and oxygen atoms in total. The molecule has 0 atom stereocenters. The van der Waals surface area contributed by atoms with Crippen molar-refractivity contribution >= 4 is 29.1 Å². The number of hydrogen-bond donors (Lipinski definition) is 1. The minimum atomic E-state index is -0.970. The van der Waals surface area contributed by atoms with Crippen LogP contribution >= 0.6 is 23.1 Å². The smallest absolute Gasteiger partial charge is 0.338 e. The van der Waals surface area contributed by atoms with Crippen molar-refractivity contribution in [1.29, 1.82) is 0 Å². The largest absolute Gasteiger partial charge is 0.478 e. The highest BCUT2D eigenvalue weighted by Crippen LogP contribution is 2.31. The first-order valence-corrected chi connectivity index (χ1v) is 6.43. The second kappa shape index (κ2) is 4.80. The minimum Gasteiger partial charge on any atom is -0.478 e. The van der Waals surface area contributed by atoms with Gasteiger partial charge >= 0.3 is 5.97 Å². The Morgan fingerprint density at radius 1 is 1.47 bits per heavy atom. The second-order valence-electron chi connectivity index (χ2n) is 3.37. The number of aryl methyl sites for hydroxylation is 2. The highest BCUT2D eigenvalue weighted by atomic mass is 32.2. The summed E-state index contributed by atoms with van der Waals surface area (Å²) in [4.78, 5) is 15.4. The molecule has 0 aliphatic carbocycles. The van der Waals surface area contributed by atoms with Gasteiger partial charge < -0.3 is 5.11 Å². The number of carbonyl (C=O) groups is 1. The van der Waals surface area contributed by atoms with Gasteiger partial charge in [0.2, 0.25) is 0 Å². The molecular formula is C10H9N3O2S2. The monoisotopic (exact) mass is 267 g/mol. The van der Waals surface area contributed by atoms with Gasteiger partial charge in [0.1, 0.15) is 10.5 Å². The Morgan fingerprint density at radius 2 is 2.24 bits per heavy atom. The van der Waals surface area contributed by atoms with Crippen molar-refractivity contribution in [3.63, 3.8) is 0 Å². The van der Waals surface area contributed by atoms with Crippen LogP contribution in [0.3, 0.4) is 0 Å². The maximum absolute atomic E-state index is 11.2. The van der Waals surface area contributed by atoms with Gasteiger partial charge in [0.15, 0.2) is 4.34 Å². The number of rotatable bonds is 3. The Morgan fingerprint density at radius 3 is 2.82 bits per heavy atom. The maximum Gasteiger partial charge on any atom is 0.338 e. The van der Waals surface area contributed by atoms with Crippen molar-refractivity contribution in [2.24, 2.45) is 0 Å². The highest BCUT2D eigenvalue weighted by molar-refractivity contribution is 8.01. The molecule has 0 radical (unpaired) electrons. The average molecular weight is 267 g/mol. The van der Waals surface area contributed by atoms with E-state index in [9.17, 15) is 9.90 Å². The van der Waals surface area contributed by atoms with Gasteiger partial charge in [-0.2, -0.15) is 0 Å². The summed E-state index contributed by atoms with van der Waals surface area (Å²) in [5.41, 5.74) is 3.33. The molecular weight excluding hydrogens is 258 g/mol. The second-order valence-corrected chi connectivity index (χ2v) is 5.44. The molecule has 1 N–H and O–H groups in total. The molecule has 0 aromatic carbocycles. The van der Waals surface area contributed by atoms with Crippen LogP contribution in [0.2, 0.25) is 0 Å². The third-order valence-electron chi connectivity index (χ3n) is 2.05. The van der Waals surface area contributed by atoms with Crippen molar-refractivity contribution in [3.8, 4) is 0 Å². The quantitative estimate of drug-likeness (QED) is 0.920. The number of carboxylic acids is 1. The molecule has 0 unspecified atom stereocenters. The van der Waals surface area contributed by atoms with Crippen LogP contribution in [0.1, 0.15) is 21.6 Å². The highest BCUT2D eigenvalue weighted by Gasteiger charge is 2.17. The predicted molar refractivity (Wildman–Crippen MR) is 64.7 cm³/mol. The van der Waals surface area contributed by atoms with Crippen molar-refractivity contribution < 1.29 is 9.90 Å². The number of pyridine rings is 1. The summed E-state index contributed by atoms with van der Waals surface area (Å²) in [7, 11) is 0. The van der Waals surface area contributed by atoms with Gasteiger partial charge in [0, 0.05) is 5.69 Å². The molecule has 0 spiro atoms. The van der Waals surface area contributed by atoms with Crippen LogP contribution in [-0.4, -0.2) is 26.3 Å². The lowest BCUT2D eigenvalue weighted by molar-refractivity contribution is 0.0691. The van der Waals surface area contributed by atoms with Crippen LogP contribution in [-0.2, 0) is 0 Å². The zero-order chi connectivity index (χ0) is 12.4. The van der Waals surface area contributed by atoms with Crippen LogP contribution in [0.4, 0.5) is 0 Å². The molecule has 0 aliphatic heterocycles. The Labute approximate surface area is 106 Å². The Hall–Kier alpha value is -1.47. The standard InChI is InChI=1S/C10H9N3O2S2/c1-5-3-6(2)12-8(7(5)9(14)15)17-10-13-11-4-16-10/h3-4H,1-2H3,(H,14,15). The number of hydrogen-bond acceptors (Lipinski definition) is 6. The normalized spacial score (nSPS) is 10.5. The lowest BCUT2D eigenvalue weighted by Gasteiger charge is -2.07. The molecule has 0 aliphatic rings. The van der Waals surface area contributed by atoms with Gasteiger partial charge in [0.05, 0.1) is 5.56 Å². The first kappa shape index (κ1) is 12.0. The molecule has 7 heteroatoms. The van der Waals surface area contributed by atoms with E-state index in [2.05, 4.69) is 15.2 Å². The number of nitrogens with zero attached hydrogens (tertiary/aromatic N) is 3. The number of aromatic carboxylic acids is 1. The molecule has 2 aromatic rings. The molecule has 2 aromatic heterocycles. The van der Waals surface area contributed by atoms with E-state index in [4.69, 9.17) is 0 Å². The molecule has 0 saturated heterocycles. The SMILES string of the molecule is Cc1cc(C)c(C(=O)O)c(Sc2nncs2)n1. The maximum atomic E-state index is 11.2. The van der Waals surface area contributed by atoms with E-state index in [1.54, 1.807) is 18.5 Å². The van der Waals surface area contributed by atoms with E-state index in [-0.39, 0.29) is 5.56 Å². The van der Waals surface area contributed by atoms with E-state index in [0.717, 1.165) is 5.69 Å². The van der Waals surface area contributed by atoms with E-state index < -0.39 is 5.97 Å². The molecule has 0 fully saturated rings. The summed E-state index contributed by atoms with van der Waals surface area (Å²) in [5.74, 6) is -0.970. The third kappa shape index (κ3) is 2.62. The van der Waals surface area contributed by atoms with Gasteiger partial charge in [-0.25, -0.2) is 9.78 Å². The van der Waals surface area contributed by atoms with Crippen LogP contribution in [0.25, 0.3) is 0 Å². The van der Waals surface area contributed by atoms with Crippen LogP contribution < -0.4 is 0 Å². The topological polar surface area (TPSA) is 76.0 Å². The van der Waals surface area contributed by atoms with E-state index in [1.807, 2.05) is 6.92 Å². The van der Waals surface area contributed by atoms with Crippen molar-refractivity contribution in [3.05, 3.63) is 28.4 Å². The Balaban J connectivity index is 2.47. The van der Waals surface area contributed by atoms with Gasteiger partial charge in [0.25, 0.3) is 0 Å². The predicted octanol–water partition coefficient (Wildman–Crippen LogP) is 2.40. The number of aromatic nitrogens is 3. The third-order valence-corrected chi connectivity index (χ3v) is 3.82. The van der Waals surface area contributed by atoms with Gasteiger partial charge in [-0.05, 0) is 37.2 Å². The lowest BCUT2D eigenvalue weighted by Crippen LogP contribution is -2.05. The summed E-state index contributed by atoms with van der Waals surface area (Å²) in [6, 6.07) is 1.76. The van der Waals surface area contributed by atoms with Crippen molar-refractivity contribution in [2.45, 2.75) is 23.2 Å². The summed E-state index contributed by atoms with van der Waals surface area (Å²) in [6.45, 7) is 3.60. The Kier molecular flexibility index (Phi) is 3.39. The summed E-state index contributed by atoms with van der Waals surface area (Å²) in [6.07, 6.45) is 0.